The molecule has 1 fully saturated rings. The van der Waals surface area contributed by atoms with Gasteiger partial charge >= 0.3 is 11.9 Å². The van der Waals surface area contributed by atoms with Crippen molar-refractivity contribution in [3.05, 3.63) is 66.2 Å². The number of carbonyl (C=O) groups excluding carboxylic acids is 2. The van der Waals surface area contributed by atoms with Crippen molar-refractivity contribution >= 4 is 33.7 Å². The Morgan fingerprint density at radius 3 is 2.44 bits per heavy atom. The molecule has 0 radical (unpaired) electrons. The second kappa shape index (κ2) is 13.2. The zero-order chi connectivity index (χ0) is 30.1. The normalized spacial score (nSPS) is 28.8. The Kier molecular flexibility index (Phi) is 9.82. The second-order valence-corrected chi connectivity index (χ2v) is 10.1. The van der Waals surface area contributed by atoms with Crippen molar-refractivity contribution in [2.24, 2.45) is 11.8 Å². The zero-order valence-corrected chi connectivity index (χ0v) is 23.4. The highest BCUT2D eigenvalue weighted by Crippen LogP contribution is 2.38. The van der Waals surface area contributed by atoms with E-state index in [1.807, 2.05) is 24.3 Å². The minimum Gasteiger partial charge on any atom is -0.471 e. The number of rotatable bonds is 8. The number of aromatic nitrogens is 2. The first-order valence-corrected chi connectivity index (χ1v) is 13.2. The monoisotopic (exact) mass is 602 g/mol. The number of fused-ring (bicyclic) bond motifs is 3. The molecule has 8 atom stereocenters. The van der Waals surface area contributed by atoms with Crippen molar-refractivity contribution in [2.75, 3.05) is 20.8 Å². The molecule has 14 nitrogen and oxygen atoms in total. The van der Waals surface area contributed by atoms with Gasteiger partial charge in [-0.1, -0.05) is 24.3 Å². The van der Waals surface area contributed by atoms with Gasteiger partial charge in [0.2, 0.25) is 6.29 Å². The maximum absolute atomic E-state index is 12.9. The number of methoxy groups -OCH3 is 2. The molecule has 0 spiro atoms. The fourth-order valence-electron chi connectivity index (χ4n) is 5.47. The molecule has 3 aromatic rings. The van der Waals surface area contributed by atoms with Crippen LogP contribution in [0.25, 0.3) is 21.8 Å². The highest BCUT2D eigenvalue weighted by molar-refractivity contribution is 6.09. The number of aromatic amines is 1. The van der Waals surface area contributed by atoms with E-state index in [1.165, 1.54) is 26.6 Å². The third kappa shape index (κ3) is 5.86. The maximum Gasteiger partial charge on any atom is 0.356 e. The Morgan fingerprint density at radius 1 is 1.05 bits per heavy atom. The van der Waals surface area contributed by atoms with Crippen LogP contribution in [-0.4, -0.2) is 106 Å². The van der Waals surface area contributed by atoms with Crippen molar-refractivity contribution in [3.8, 4) is 0 Å². The highest BCUT2D eigenvalue weighted by Gasteiger charge is 2.47. The molecule has 2 aliphatic rings. The molecule has 5 rings (SSSR count). The standard InChI is InChI=1S/C29H32N2O11.H2O/c1-4-13-15(9-19-22-16(10-20(30-19)27(37)39-3)14-7-5-6-8-18(14)31-22)17(26(36)38-2)12-40-28(13)42-29-25(35)24(34)23(33)21(11-32)41-29;/h4-8,10,12-13,15,21,23-25,28-29,31-35H,1,9,11H2,2-3H3;1H2/t13-,15+,21-,23-,24+,25-,28+,29+;/m1./s1. The first-order chi connectivity index (χ1) is 20.2. The lowest BCUT2D eigenvalue weighted by molar-refractivity contribution is -0.339. The Balaban J connectivity index is 0.00000423. The number of ether oxygens (including phenoxy) is 5. The van der Waals surface area contributed by atoms with Gasteiger partial charge in [-0.15, -0.1) is 6.58 Å². The SMILES string of the molecule is C=C[C@H]1[C@H](O[C@@H]2O[C@H](CO)[C@@H](O)[C@H](O)[C@H]2O)OC=C(C(=O)OC)[C@H]1Cc1nc(C(=O)OC)cc2c1[nH]c1ccccc12.O. The van der Waals surface area contributed by atoms with E-state index in [0.717, 1.165) is 16.3 Å². The summed E-state index contributed by atoms with van der Waals surface area (Å²) in [4.78, 5) is 33.4. The number of nitrogens with one attached hydrogen (secondary N) is 1. The summed E-state index contributed by atoms with van der Waals surface area (Å²) in [5.74, 6) is -2.79. The van der Waals surface area contributed by atoms with Gasteiger partial charge in [-0.3, -0.25) is 0 Å². The van der Waals surface area contributed by atoms with E-state index in [2.05, 4.69) is 16.5 Å². The number of hydrogen-bond acceptors (Lipinski definition) is 12. The van der Waals surface area contributed by atoms with Gasteiger partial charge in [0.05, 0.1) is 43.9 Å². The van der Waals surface area contributed by atoms with Crippen LogP contribution in [-0.2, 0) is 34.9 Å². The van der Waals surface area contributed by atoms with Gasteiger partial charge in [-0.2, -0.15) is 0 Å². The number of hydrogen-bond donors (Lipinski definition) is 5. The van der Waals surface area contributed by atoms with Crippen LogP contribution in [0.1, 0.15) is 16.2 Å². The van der Waals surface area contributed by atoms with E-state index in [0.29, 0.717) is 11.2 Å². The van der Waals surface area contributed by atoms with Gasteiger partial charge in [-0.05, 0) is 18.6 Å². The number of pyridine rings is 1. The van der Waals surface area contributed by atoms with Crippen LogP contribution in [0.4, 0.5) is 0 Å². The summed E-state index contributed by atoms with van der Waals surface area (Å²) in [6.07, 6.45) is -6.03. The van der Waals surface area contributed by atoms with Gasteiger partial charge in [-0.25, -0.2) is 14.6 Å². The second-order valence-electron chi connectivity index (χ2n) is 10.1. The summed E-state index contributed by atoms with van der Waals surface area (Å²) in [7, 11) is 2.49. The Labute approximate surface area is 245 Å². The molecular formula is C29H34N2O12. The summed E-state index contributed by atoms with van der Waals surface area (Å²) in [6.45, 7) is 3.26. The molecule has 4 heterocycles. The predicted molar refractivity (Wildman–Crippen MR) is 149 cm³/mol. The molecule has 2 aromatic heterocycles. The number of para-hydroxylation sites is 1. The summed E-state index contributed by atoms with van der Waals surface area (Å²) in [5, 5.41) is 42.0. The Bertz CT molecular complexity index is 1520. The van der Waals surface area contributed by atoms with Crippen LogP contribution >= 0.6 is 0 Å². The quantitative estimate of drug-likeness (QED) is 0.168. The lowest BCUT2D eigenvalue weighted by atomic mass is 9.80. The first-order valence-electron chi connectivity index (χ1n) is 13.2. The molecule has 0 amide bonds. The molecule has 0 saturated carbocycles. The smallest absolute Gasteiger partial charge is 0.356 e. The van der Waals surface area contributed by atoms with Gasteiger partial charge in [0.15, 0.2) is 6.29 Å². The van der Waals surface area contributed by atoms with Crippen LogP contribution < -0.4 is 0 Å². The van der Waals surface area contributed by atoms with Crippen LogP contribution in [0.5, 0.6) is 0 Å². The third-order valence-electron chi connectivity index (χ3n) is 7.70. The number of esters is 2. The molecule has 0 aliphatic carbocycles. The molecule has 43 heavy (non-hydrogen) atoms. The van der Waals surface area contributed by atoms with Crippen LogP contribution in [0.2, 0.25) is 0 Å². The van der Waals surface area contributed by atoms with E-state index >= 15 is 0 Å². The number of carbonyl (C=O) groups is 2. The molecule has 1 aromatic carbocycles. The van der Waals surface area contributed by atoms with Crippen LogP contribution in [0, 0.1) is 11.8 Å². The number of benzene rings is 1. The zero-order valence-electron chi connectivity index (χ0n) is 23.4. The Hall–Kier alpha value is -3.89. The fourth-order valence-corrected chi connectivity index (χ4v) is 5.47. The molecule has 1 saturated heterocycles. The topological polar surface area (TPSA) is 221 Å². The van der Waals surface area contributed by atoms with Gasteiger partial charge < -0.3 is 54.6 Å². The Morgan fingerprint density at radius 2 is 1.77 bits per heavy atom. The van der Waals surface area contributed by atoms with E-state index in [1.54, 1.807) is 6.07 Å². The predicted octanol–water partition coefficient (Wildman–Crippen LogP) is -0.131. The van der Waals surface area contributed by atoms with E-state index in [9.17, 15) is 30.0 Å². The fraction of sp³-hybridized carbons (Fsp3) is 0.414. The van der Waals surface area contributed by atoms with Gasteiger partial charge in [0.25, 0.3) is 0 Å². The van der Waals surface area contributed by atoms with Crippen molar-refractivity contribution in [1.29, 1.82) is 0 Å². The van der Waals surface area contributed by atoms with E-state index < -0.39 is 67.4 Å². The highest BCUT2D eigenvalue weighted by atomic mass is 16.8. The van der Waals surface area contributed by atoms with Crippen molar-refractivity contribution in [2.45, 2.75) is 43.4 Å². The summed E-state index contributed by atoms with van der Waals surface area (Å²) in [5.41, 5.74) is 2.13. The average Bonchev–Trinajstić information content (AvgIpc) is 3.39. The maximum atomic E-state index is 12.9. The lowest BCUT2D eigenvalue weighted by Crippen LogP contribution is -2.60. The molecular weight excluding hydrogens is 568 g/mol. The van der Waals surface area contributed by atoms with Crippen molar-refractivity contribution in [1.82, 2.24) is 9.97 Å². The van der Waals surface area contributed by atoms with Crippen LogP contribution in [0.3, 0.4) is 0 Å². The number of nitrogens with zero attached hydrogens (tertiary/aromatic N) is 1. The van der Waals surface area contributed by atoms with Crippen LogP contribution in [0.15, 0.2) is 54.8 Å². The van der Waals surface area contributed by atoms with Gasteiger partial charge in [0.1, 0.15) is 30.1 Å². The third-order valence-corrected chi connectivity index (χ3v) is 7.70. The minimum atomic E-state index is -1.68. The minimum absolute atomic E-state index is 0. The van der Waals surface area contributed by atoms with Gasteiger partial charge in [0, 0.05) is 28.1 Å². The number of aliphatic hydroxyl groups is 4. The molecule has 0 bridgehead atoms. The molecule has 232 valence electrons. The first kappa shape index (κ1) is 32.0. The van der Waals surface area contributed by atoms with Crippen molar-refractivity contribution in [3.63, 3.8) is 0 Å². The number of aliphatic hydroxyl groups excluding tert-OH is 4. The summed E-state index contributed by atoms with van der Waals surface area (Å²) < 4.78 is 27.1. The molecule has 0 unspecified atom stereocenters. The summed E-state index contributed by atoms with van der Waals surface area (Å²) in [6, 6.07) is 9.18. The summed E-state index contributed by atoms with van der Waals surface area (Å²) >= 11 is 0. The van der Waals surface area contributed by atoms with E-state index in [-0.39, 0.29) is 23.2 Å². The number of H-pyrrole nitrogens is 1. The van der Waals surface area contributed by atoms with Crippen molar-refractivity contribution < 1.29 is 59.2 Å². The average molecular weight is 603 g/mol. The van der Waals surface area contributed by atoms with E-state index in [4.69, 9.17) is 23.7 Å². The molecule has 7 N–H and O–H groups in total. The molecule has 2 aliphatic heterocycles. The molecule has 14 heteroatoms. The largest absolute Gasteiger partial charge is 0.471 e. The lowest BCUT2D eigenvalue weighted by Gasteiger charge is -2.43.